The van der Waals surface area contributed by atoms with Gasteiger partial charge in [-0.25, -0.2) is 0 Å². The van der Waals surface area contributed by atoms with Crippen LogP contribution in [0.15, 0.2) is 169 Å². The summed E-state index contributed by atoms with van der Waals surface area (Å²) in [4.78, 5) is 2.41. The second-order valence-corrected chi connectivity index (χ2v) is 14.9. The number of fused-ring (bicyclic) bond motifs is 6. The summed E-state index contributed by atoms with van der Waals surface area (Å²) in [7, 11) is 0. The highest BCUT2D eigenvalue weighted by atomic mass is 15.1. The van der Waals surface area contributed by atoms with Gasteiger partial charge in [-0.1, -0.05) is 143 Å². The van der Waals surface area contributed by atoms with Crippen molar-refractivity contribution in [1.29, 1.82) is 0 Å². The molecule has 242 valence electrons. The molecule has 9 rings (SSSR count). The second kappa shape index (κ2) is 11.5. The van der Waals surface area contributed by atoms with Gasteiger partial charge >= 0.3 is 0 Å². The molecule has 0 aliphatic heterocycles. The Labute approximate surface area is 296 Å². The standard InChI is InChI=1S/C49H41N/c1-48(2)44-19-13-7-12-18-40(44)42-31-47-43(32-46(42)48)41-30-39(28-29-45(41)49(47,3)4)50(37-24-20-35(21-25-37)33-14-8-5-9-15-33)38-26-22-36(23-27-38)34-16-10-6-11-17-34/h5-12,14-32H,13H2,1-4H3. The highest BCUT2D eigenvalue weighted by Crippen LogP contribution is 2.57. The van der Waals surface area contributed by atoms with Gasteiger partial charge < -0.3 is 4.90 Å². The maximum absolute atomic E-state index is 2.52. The van der Waals surface area contributed by atoms with E-state index in [4.69, 9.17) is 0 Å². The van der Waals surface area contributed by atoms with E-state index in [1.54, 1.807) is 0 Å². The van der Waals surface area contributed by atoms with Crippen molar-refractivity contribution in [1.82, 2.24) is 0 Å². The van der Waals surface area contributed by atoms with E-state index in [1.165, 1.54) is 66.8 Å². The van der Waals surface area contributed by atoms with Crippen LogP contribution in [-0.2, 0) is 10.8 Å². The molecule has 0 radical (unpaired) electrons. The third-order valence-electron chi connectivity index (χ3n) is 11.3. The lowest BCUT2D eigenvalue weighted by Gasteiger charge is -2.27. The average Bonchev–Trinajstić information content (AvgIpc) is 3.34. The summed E-state index contributed by atoms with van der Waals surface area (Å²) < 4.78 is 0. The fraction of sp³-hybridized carbons (Fsp3) is 0.143. The zero-order chi connectivity index (χ0) is 34.0. The number of nitrogens with zero attached hydrogens (tertiary/aromatic N) is 1. The summed E-state index contributed by atoms with van der Waals surface area (Å²) in [5.74, 6) is 0. The van der Waals surface area contributed by atoms with Crippen molar-refractivity contribution in [3.63, 3.8) is 0 Å². The Kier molecular flexibility index (Phi) is 6.97. The van der Waals surface area contributed by atoms with Gasteiger partial charge in [0.2, 0.25) is 0 Å². The van der Waals surface area contributed by atoms with Crippen LogP contribution in [0, 0.1) is 0 Å². The first kappa shape index (κ1) is 30.4. The predicted molar refractivity (Wildman–Crippen MR) is 212 cm³/mol. The SMILES string of the molecule is CC1(C)C2=CCC=CC=C2c2cc3c(cc21)-c1cc(N(c2ccc(-c4ccccc4)cc2)c2ccc(-c4ccccc4)cc2)ccc1C3(C)C. The Morgan fingerprint density at radius 2 is 0.960 bits per heavy atom. The second-order valence-electron chi connectivity index (χ2n) is 14.9. The molecule has 1 heteroatoms. The molecule has 0 atom stereocenters. The number of rotatable bonds is 5. The zero-order valence-electron chi connectivity index (χ0n) is 29.2. The van der Waals surface area contributed by atoms with Gasteiger partial charge in [0.25, 0.3) is 0 Å². The fourth-order valence-electron chi connectivity index (χ4n) is 8.58. The van der Waals surface area contributed by atoms with Gasteiger partial charge in [-0.15, -0.1) is 0 Å². The highest BCUT2D eigenvalue weighted by molar-refractivity contribution is 5.95. The van der Waals surface area contributed by atoms with Crippen LogP contribution in [-0.4, -0.2) is 0 Å². The number of hydrogen-bond donors (Lipinski definition) is 0. The Balaban J connectivity index is 1.19. The highest BCUT2D eigenvalue weighted by Gasteiger charge is 2.43. The molecule has 0 bridgehead atoms. The minimum atomic E-state index is -0.102. The molecule has 1 nitrogen and oxygen atoms in total. The largest absolute Gasteiger partial charge is 0.310 e. The lowest BCUT2D eigenvalue weighted by molar-refractivity contribution is 0.650. The van der Waals surface area contributed by atoms with Crippen LogP contribution in [0.3, 0.4) is 0 Å². The molecule has 0 heterocycles. The Bertz CT molecular complexity index is 2270. The summed E-state index contributed by atoms with van der Waals surface area (Å²) in [6.07, 6.45) is 10.2. The van der Waals surface area contributed by atoms with E-state index in [0.29, 0.717) is 0 Å². The molecule has 6 aromatic rings. The minimum Gasteiger partial charge on any atom is -0.310 e. The quantitative estimate of drug-likeness (QED) is 0.181. The maximum Gasteiger partial charge on any atom is 0.0468 e. The first-order valence-corrected chi connectivity index (χ1v) is 17.8. The van der Waals surface area contributed by atoms with E-state index < -0.39 is 0 Å². The summed E-state index contributed by atoms with van der Waals surface area (Å²) in [5.41, 5.74) is 19.3. The molecule has 0 saturated carbocycles. The predicted octanol–water partition coefficient (Wildman–Crippen LogP) is 13.4. The number of hydrogen-bond acceptors (Lipinski definition) is 1. The molecule has 0 amide bonds. The molecule has 0 unspecified atom stereocenters. The van der Waals surface area contributed by atoms with Gasteiger partial charge in [0.05, 0.1) is 0 Å². The van der Waals surface area contributed by atoms with Gasteiger partial charge in [0.1, 0.15) is 0 Å². The van der Waals surface area contributed by atoms with Crippen LogP contribution in [0.2, 0.25) is 0 Å². The van der Waals surface area contributed by atoms with E-state index in [2.05, 4.69) is 196 Å². The van der Waals surface area contributed by atoms with Crippen molar-refractivity contribution >= 4 is 22.6 Å². The normalized spacial score (nSPS) is 16.0. The average molecular weight is 644 g/mol. The first-order chi connectivity index (χ1) is 24.3. The van der Waals surface area contributed by atoms with Crippen molar-refractivity contribution in [2.24, 2.45) is 0 Å². The van der Waals surface area contributed by atoms with Gasteiger partial charge in [-0.2, -0.15) is 0 Å². The van der Waals surface area contributed by atoms with Gasteiger partial charge in [-0.3, -0.25) is 0 Å². The van der Waals surface area contributed by atoms with Gasteiger partial charge in [0, 0.05) is 27.9 Å². The van der Waals surface area contributed by atoms with Gasteiger partial charge in [-0.05, 0) is 122 Å². The summed E-state index contributed by atoms with van der Waals surface area (Å²) >= 11 is 0. The first-order valence-electron chi connectivity index (χ1n) is 17.8. The number of anilines is 3. The monoisotopic (exact) mass is 643 g/mol. The van der Waals surface area contributed by atoms with E-state index in [0.717, 1.165) is 23.5 Å². The Morgan fingerprint density at radius 1 is 0.460 bits per heavy atom. The van der Waals surface area contributed by atoms with Crippen LogP contribution in [0.1, 0.15) is 56.4 Å². The molecule has 0 saturated heterocycles. The fourth-order valence-corrected chi connectivity index (χ4v) is 8.58. The third kappa shape index (κ3) is 4.76. The minimum absolute atomic E-state index is 0.0419. The van der Waals surface area contributed by atoms with Crippen LogP contribution in [0.25, 0.3) is 39.0 Å². The maximum atomic E-state index is 2.52. The Hall–Kier alpha value is -5.66. The molecule has 0 spiro atoms. The van der Waals surface area contributed by atoms with E-state index >= 15 is 0 Å². The van der Waals surface area contributed by atoms with Crippen molar-refractivity contribution < 1.29 is 0 Å². The summed E-state index contributed by atoms with van der Waals surface area (Å²) in [5, 5.41) is 0. The van der Waals surface area contributed by atoms with Crippen LogP contribution < -0.4 is 4.90 Å². The molecule has 3 aliphatic carbocycles. The smallest absolute Gasteiger partial charge is 0.0468 e. The van der Waals surface area contributed by atoms with Crippen LogP contribution in [0.4, 0.5) is 17.1 Å². The number of benzene rings is 6. The molecular formula is C49H41N. The van der Waals surface area contributed by atoms with Crippen molar-refractivity contribution in [3.8, 4) is 33.4 Å². The lowest BCUT2D eigenvalue weighted by atomic mass is 9.79. The van der Waals surface area contributed by atoms with Crippen molar-refractivity contribution in [3.05, 3.63) is 192 Å². The molecule has 0 aromatic heterocycles. The lowest BCUT2D eigenvalue weighted by Crippen LogP contribution is -2.17. The van der Waals surface area contributed by atoms with Crippen molar-refractivity contribution in [2.75, 3.05) is 4.90 Å². The summed E-state index contributed by atoms with van der Waals surface area (Å²) in [6, 6.07) is 51.4. The van der Waals surface area contributed by atoms with E-state index in [1.807, 2.05) is 0 Å². The molecule has 0 fully saturated rings. The molecular weight excluding hydrogens is 603 g/mol. The van der Waals surface area contributed by atoms with Crippen LogP contribution >= 0.6 is 0 Å². The molecule has 0 N–H and O–H groups in total. The third-order valence-corrected chi connectivity index (χ3v) is 11.3. The Morgan fingerprint density at radius 3 is 1.56 bits per heavy atom. The van der Waals surface area contributed by atoms with E-state index in [-0.39, 0.29) is 10.8 Å². The molecule has 50 heavy (non-hydrogen) atoms. The molecule has 6 aromatic carbocycles. The summed E-state index contributed by atoms with van der Waals surface area (Å²) in [6.45, 7) is 9.58. The number of allylic oxidation sites excluding steroid dienone is 6. The molecule has 3 aliphatic rings. The van der Waals surface area contributed by atoms with Crippen LogP contribution in [0.5, 0.6) is 0 Å². The van der Waals surface area contributed by atoms with E-state index in [9.17, 15) is 0 Å². The zero-order valence-corrected chi connectivity index (χ0v) is 29.2. The van der Waals surface area contributed by atoms with Gasteiger partial charge in [0.15, 0.2) is 0 Å². The van der Waals surface area contributed by atoms with Crippen molar-refractivity contribution in [2.45, 2.75) is 44.9 Å². The topological polar surface area (TPSA) is 3.24 Å².